The first-order valence-electron chi connectivity index (χ1n) is 8.92. The molecule has 4 atom stereocenters. The van der Waals surface area contributed by atoms with Gasteiger partial charge in [-0.05, 0) is 56.2 Å². The average Bonchev–Trinajstić information content (AvgIpc) is 2.78. The van der Waals surface area contributed by atoms with Gasteiger partial charge in [-0.1, -0.05) is 39.2 Å². The summed E-state index contributed by atoms with van der Waals surface area (Å²) in [5, 5.41) is 0. The van der Waals surface area contributed by atoms with E-state index < -0.39 is 0 Å². The predicted octanol–water partition coefficient (Wildman–Crippen LogP) is 4.85. The largest absolute Gasteiger partial charge is 0.457 e. The molecule has 3 heteroatoms. The van der Waals surface area contributed by atoms with Crippen LogP contribution in [0.1, 0.15) is 65.7 Å². The minimum absolute atomic E-state index is 0.0221. The lowest BCUT2D eigenvalue weighted by Crippen LogP contribution is -2.65. The molecule has 1 saturated heterocycles. The van der Waals surface area contributed by atoms with Crippen molar-refractivity contribution in [3.63, 3.8) is 0 Å². The Balaban J connectivity index is 1.46. The van der Waals surface area contributed by atoms with Crippen LogP contribution in [0.25, 0.3) is 0 Å². The Labute approximate surface area is 130 Å². The van der Waals surface area contributed by atoms with Crippen molar-refractivity contribution in [1.29, 1.82) is 0 Å². The van der Waals surface area contributed by atoms with Gasteiger partial charge in [0.15, 0.2) is 0 Å². The number of allylic oxidation sites excluding steroid dienone is 1. The van der Waals surface area contributed by atoms with E-state index in [2.05, 4.69) is 27.4 Å². The van der Waals surface area contributed by atoms with Crippen molar-refractivity contribution < 1.29 is 9.31 Å². The fraction of sp³-hybridized carbons (Fsp3) is 0.889. The zero-order valence-electron chi connectivity index (χ0n) is 14.1. The van der Waals surface area contributed by atoms with Crippen LogP contribution in [-0.2, 0) is 9.31 Å². The Hall–Kier alpha value is -0.275. The zero-order valence-corrected chi connectivity index (χ0v) is 14.1. The summed E-state index contributed by atoms with van der Waals surface area (Å²) >= 11 is 0. The lowest BCUT2D eigenvalue weighted by atomic mass is 9.43. The Morgan fingerprint density at radius 2 is 1.90 bits per heavy atom. The molecule has 3 aliphatic carbocycles. The third-order valence-corrected chi connectivity index (χ3v) is 6.60. The van der Waals surface area contributed by atoms with Crippen LogP contribution in [0, 0.1) is 17.3 Å². The van der Waals surface area contributed by atoms with Crippen LogP contribution < -0.4 is 0 Å². The molecule has 21 heavy (non-hydrogen) atoms. The standard InChI is InChI=1S/C18H31BO2/c1-5-6-7-8-9-10-11-19-20-16-13-14-12-15(17(14,2)3)18(16,4)21-19/h5,14-16H,1,6-13H2,2-4H3/t14-,15-,16+,18-/m0/s1. The fourth-order valence-electron chi connectivity index (χ4n) is 5.03. The van der Waals surface area contributed by atoms with Gasteiger partial charge in [0.05, 0.1) is 11.7 Å². The van der Waals surface area contributed by atoms with Crippen LogP contribution >= 0.6 is 0 Å². The molecule has 0 aromatic carbocycles. The molecule has 118 valence electrons. The average molecular weight is 290 g/mol. The first-order valence-corrected chi connectivity index (χ1v) is 8.92. The molecule has 0 N–H and O–H groups in total. The van der Waals surface area contributed by atoms with E-state index in [-0.39, 0.29) is 12.7 Å². The van der Waals surface area contributed by atoms with E-state index in [4.69, 9.17) is 9.31 Å². The summed E-state index contributed by atoms with van der Waals surface area (Å²) in [6, 6.07) is 0. The molecular formula is C18H31BO2. The van der Waals surface area contributed by atoms with E-state index in [1.54, 1.807) is 0 Å². The van der Waals surface area contributed by atoms with Gasteiger partial charge in [-0.15, -0.1) is 6.58 Å². The molecule has 0 aromatic heterocycles. The highest BCUT2D eigenvalue weighted by atomic mass is 16.7. The summed E-state index contributed by atoms with van der Waals surface area (Å²) in [5.41, 5.74) is 0.431. The van der Waals surface area contributed by atoms with Gasteiger partial charge in [0.1, 0.15) is 0 Å². The second-order valence-electron chi connectivity index (χ2n) is 8.18. The van der Waals surface area contributed by atoms with Gasteiger partial charge < -0.3 is 9.31 Å². The minimum Gasteiger partial charge on any atom is -0.405 e. The molecule has 4 aliphatic rings. The molecule has 4 rings (SSSR count). The predicted molar refractivity (Wildman–Crippen MR) is 88.2 cm³/mol. The molecule has 0 aromatic rings. The maximum Gasteiger partial charge on any atom is 0.457 e. The molecule has 1 heterocycles. The Kier molecular flexibility index (Phi) is 4.26. The van der Waals surface area contributed by atoms with E-state index in [1.807, 2.05) is 6.08 Å². The van der Waals surface area contributed by atoms with Crippen LogP contribution in [0.3, 0.4) is 0 Å². The van der Waals surface area contributed by atoms with E-state index >= 15 is 0 Å². The number of rotatable bonds is 7. The van der Waals surface area contributed by atoms with Crippen LogP contribution in [0.2, 0.25) is 6.32 Å². The highest BCUT2D eigenvalue weighted by molar-refractivity contribution is 6.45. The number of hydrogen-bond donors (Lipinski definition) is 0. The smallest absolute Gasteiger partial charge is 0.405 e. The van der Waals surface area contributed by atoms with E-state index in [1.165, 1.54) is 38.5 Å². The third-order valence-electron chi connectivity index (χ3n) is 6.60. The molecule has 2 nitrogen and oxygen atoms in total. The molecule has 4 fully saturated rings. The van der Waals surface area contributed by atoms with Crippen molar-refractivity contribution in [2.45, 2.75) is 83.7 Å². The van der Waals surface area contributed by atoms with Crippen molar-refractivity contribution in [1.82, 2.24) is 0 Å². The molecule has 3 saturated carbocycles. The van der Waals surface area contributed by atoms with Gasteiger partial charge in [0, 0.05) is 0 Å². The summed E-state index contributed by atoms with van der Waals surface area (Å²) in [6.45, 7) is 10.9. The van der Waals surface area contributed by atoms with Gasteiger partial charge >= 0.3 is 7.12 Å². The van der Waals surface area contributed by atoms with E-state index in [9.17, 15) is 0 Å². The van der Waals surface area contributed by atoms with Gasteiger partial charge in [0.25, 0.3) is 0 Å². The molecule has 2 bridgehead atoms. The van der Waals surface area contributed by atoms with Crippen LogP contribution in [0.15, 0.2) is 12.7 Å². The van der Waals surface area contributed by atoms with Crippen LogP contribution in [-0.4, -0.2) is 18.8 Å². The lowest BCUT2D eigenvalue weighted by Gasteiger charge is -2.64. The highest BCUT2D eigenvalue weighted by Crippen LogP contribution is 2.65. The van der Waals surface area contributed by atoms with Crippen molar-refractivity contribution in [3.8, 4) is 0 Å². The second-order valence-corrected chi connectivity index (χ2v) is 8.18. The maximum absolute atomic E-state index is 6.43. The second kappa shape index (κ2) is 5.74. The monoisotopic (exact) mass is 290 g/mol. The van der Waals surface area contributed by atoms with E-state index in [0.29, 0.717) is 17.4 Å². The summed E-state index contributed by atoms with van der Waals surface area (Å²) in [5.74, 6) is 1.54. The molecule has 0 unspecified atom stereocenters. The van der Waals surface area contributed by atoms with Crippen molar-refractivity contribution >= 4 is 7.12 Å². The molecule has 0 amide bonds. The highest BCUT2D eigenvalue weighted by Gasteiger charge is 2.67. The zero-order chi connectivity index (χ0) is 15.1. The van der Waals surface area contributed by atoms with Crippen molar-refractivity contribution in [3.05, 3.63) is 12.7 Å². The minimum atomic E-state index is -0.0221. The number of hydrogen-bond acceptors (Lipinski definition) is 2. The lowest BCUT2D eigenvalue weighted by molar-refractivity contribution is -0.199. The van der Waals surface area contributed by atoms with Crippen LogP contribution in [0.4, 0.5) is 0 Å². The Morgan fingerprint density at radius 1 is 1.14 bits per heavy atom. The summed E-state index contributed by atoms with van der Waals surface area (Å²) in [6.07, 6.45) is 12.2. The quantitative estimate of drug-likeness (QED) is 0.379. The van der Waals surface area contributed by atoms with Crippen LogP contribution in [0.5, 0.6) is 0 Å². The molecule has 1 aliphatic heterocycles. The van der Waals surface area contributed by atoms with Gasteiger partial charge in [0.2, 0.25) is 0 Å². The Morgan fingerprint density at radius 3 is 2.62 bits per heavy atom. The fourth-order valence-corrected chi connectivity index (χ4v) is 5.03. The first-order chi connectivity index (χ1) is 9.98. The molecule has 0 spiro atoms. The summed E-state index contributed by atoms with van der Waals surface area (Å²) in [4.78, 5) is 0. The topological polar surface area (TPSA) is 18.5 Å². The van der Waals surface area contributed by atoms with Gasteiger partial charge in [-0.25, -0.2) is 0 Å². The normalized spacial score (nSPS) is 39.8. The summed E-state index contributed by atoms with van der Waals surface area (Å²) < 4.78 is 12.7. The first kappa shape index (κ1) is 15.6. The Bertz CT molecular complexity index is 395. The van der Waals surface area contributed by atoms with Gasteiger partial charge in [-0.2, -0.15) is 0 Å². The molecule has 0 radical (unpaired) electrons. The van der Waals surface area contributed by atoms with Crippen molar-refractivity contribution in [2.24, 2.45) is 17.3 Å². The number of unbranched alkanes of at least 4 members (excludes halogenated alkanes) is 4. The SMILES string of the molecule is C=CCCCCCCB1O[C@@H]2C[C@@H]3C[C@@H](C3(C)C)[C@]2(C)O1. The maximum atomic E-state index is 6.43. The van der Waals surface area contributed by atoms with Gasteiger partial charge in [-0.3, -0.25) is 0 Å². The summed E-state index contributed by atoms with van der Waals surface area (Å²) in [7, 11) is 0.0505. The third kappa shape index (κ3) is 2.61. The van der Waals surface area contributed by atoms with E-state index in [0.717, 1.165) is 18.7 Å². The van der Waals surface area contributed by atoms with Crippen molar-refractivity contribution in [2.75, 3.05) is 0 Å². The molecular weight excluding hydrogens is 259 g/mol.